The first-order valence-electron chi connectivity index (χ1n) is 4.56. The molecule has 0 spiro atoms. The maximum atomic E-state index is 5.36. The predicted octanol–water partition coefficient (Wildman–Crippen LogP) is 1.61. The molecule has 1 unspecified atom stereocenters. The second-order valence-corrected chi connectivity index (χ2v) is 3.82. The van der Waals surface area contributed by atoms with Crippen LogP contribution in [0.15, 0.2) is 0 Å². The van der Waals surface area contributed by atoms with Crippen molar-refractivity contribution in [1.29, 1.82) is 0 Å². The zero-order valence-electron chi connectivity index (χ0n) is 7.97. The Morgan fingerprint density at radius 2 is 1.73 bits per heavy atom. The number of quaternary nitrogens is 1. The Labute approximate surface area is 69.7 Å². The second-order valence-electron chi connectivity index (χ2n) is 3.82. The first kappa shape index (κ1) is 9.01. The van der Waals surface area contributed by atoms with Gasteiger partial charge in [-0.25, -0.2) is 0 Å². The molecule has 1 saturated heterocycles. The van der Waals surface area contributed by atoms with Crippen molar-refractivity contribution in [3.8, 4) is 0 Å². The Kier molecular flexibility index (Phi) is 2.90. The minimum absolute atomic E-state index is 0.371. The third-order valence-electron chi connectivity index (χ3n) is 3.06. The van der Waals surface area contributed by atoms with Crippen molar-refractivity contribution in [3.05, 3.63) is 0 Å². The molecule has 0 bridgehead atoms. The molecule has 2 heteroatoms. The summed E-state index contributed by atoms with van der Waals surface area (Å²) in [5.41, 5.74) is 0. The van der Waals surface area contributed by atoms with Crippen LogP contribution >= 0.6 is 0 Å². The van der Waals surface area contributed by atoms with Crippen LogP contribution in [0.1, 0.15) is 26.2 Å². The average molecular weight is 158 g/mol. The first-order valence-corrected chi connectivity index (χ1v) is 4.56. The maximum Gasteiger partial charge on any atom is 0.189 e. The molecular weight excluding hydrogens is 138 g/mol. The Hall–Kier alpha value is -0.0800. The molecule has 0 amide bonds. The molecule has 0 N–H and O–H groups in total. The maximum absolute atomic E-state index is 5.36. The van der Waals surface area contributed by atoms with Gasteiger partial charge in [0.05, 0.1) is 20.1 Å². The van der Waals surface area contributed by atoms with Crippen molar-refractivity contribution in [2.45, 2.75) is 32.4 Å². The van der Waals surface area contributed by atoms with Gasteiger partial charge in [-0.15, -0.1) is 0 Å². The second kappa shape index (κ2) is 3.55. The smallest absolute Gasteiger partial charge is 0.189 e. The van der Waals surface area contributed by atoms with E-state index in [1.165, 1.54) is 32.4 Å². The molecule has 0 aromatic carbocycles. The van der Waals surface area contributed by atoms with Crippen LogP contribution in [0.4, 0.5) is 0 Å². The van der Waals surface area contributed by atoms with Crippen LogP contribution in [0.5, 0.6) is 0 Å². The minimum atomic E-state index is 0.371. The SMILES string of the molecule is COC(C)[N+]1(C)CCCCC1. The number of piperidine rings is 1. The summed E-state index contributed by atoms with van der Waals surface area (Å²) in [5, 5.41) is 0. The molecule has 1 aliphatic rings. The lowest BCUT2D eigenvalue weighted by atomic mass is 10.1. The van der Waals surface area contributed by atoms with Gasteiger partial charge in [-0.3, -0.25) is 0 Å². The lowest BCUT2D eigenvalue weighted by Gasteiger charge is -2.41. The van der Waals surface area contributed by atoms with Crippen LogP contribution in [0.2, 0.25) is 0 Å². The zero-order chi connectivity index (χ0) is 8.32. The molecule has 1 heterocycles. The molecule has 0 aromatic heterocycles. The molecule has 11 heavy (non-hydrogen) atoms. The fraction of sp³-hybridized carbons (Fsp3) is 1.00. The fourth-order valence-corrected chi connectivity index (χ4v) is 1.85. The van der Waals surface area contributed by atoms with E-state index in [0.717, 1.165) is 4.48 Å². The number of hydrogen-bond acceptors (Lipinski definition) is 1. The summed E-state index contributed by atoms with van der Waals surface area (Å²) in [5.74, 6) is 0. The standard InChI is InChI=1S/C9H20NO/c1-9(11-3)10(2)7-5-4-6-8-10/h9H,4-8H2,1-3H3/q+1. The van der Waals surface area contributed by atoms with Crippen LogP contribution in [0, 0.1) is 0 Å². The molecule has 1 rings (SSSR count). The van der Waals surface area contributed by atoms with Crippen molar-refractivity contribution < 1.29 is 9.22 Å². The van der Waals surface area contributed by atoms with Gasteiger partial charge >= 0.3 is 0 Å². The van der Waals surface area contributed by atoms with E-state index < -0.39 is 0 Å². The van der Waals surface area contributed by atoms with E-state index in [-0.39, 0.29) is 0 Å². The number of nitrogens with zero attached hydrogens (tertiary/aromatic N) is 1. The van der Waals surface area contributed by atoms with Gasteiger partial charge in [-0.05, 0) is 19.3 Å². The van der Waals surface area contributed by atoms with Crippen molar-refractivity contribution in [2.75, 3.05) is 27.2 Å². The van der Waals surface area contributed by atoms with E-state index in [4.69, 9.17) is 4.74 Å². The van der Waals surface area contributed by atoms with E-state index in [9.17, 15) is 0 Å². The fourth-order valence-electron chi connectivity index (χ4n) is 1.85. The van der Waals surface area contributed by atoms with Crippen LogP contribution < -0.4 is 0 Å². The van der Waals surface area contributed by atoms with Gasteiger partial charge in [0.1, 0.15) is 0 Å². The quantitative estimate of drug-likeness (QED) is 0.555. The van der Waals surface area contributed by atoms with Crippen molar-refractivity contribution in [2.24, 2.45) is 0 Å². The van der Waals surface area contributed by atoms with Crippen LogP contribution in [-0.4, -0.2) is 38.0 Å². The van der Waals surface area contributed by atoms with Crippen molar-refractivity contribution in [1.82, 2.24) is 0 Å². The Bertz CT molecular complexity index is 119. The summed E-state index contributed by atoms with van der Waals surface area (Å²) < 4.78 is 6.47. The Morgan fingerprint density at radius 1 is 1.18 bits per heavy atom. The average Bonchev–Trinajstić information content (AvgIpc) is 2.04. The van der Waals surface area contributed by atoms with Crippen LogP contribution in [0.25, 0.3) is 0 Å². The number of methoxy groups -OCH3 is 1. The summed E-state index contributed by atoms with van der Waals surface area (Å²) in [6.07, 6.45) is 4.51. The van der Waals surface area contributed by atoms with E-state index in [1.54, 1.807) is 0 Å². The highest BCUT2D eigenvalue weighted by Gasteiger charge is 2.30. The molecule has 0 aliphatic carbocycles. The van der Waals surface area contributed by atoms with Gasteiger partial charge in [0.2, 0.25) is 0 Å². The summed E-state index contributed by atoms with van der Waals surface area (Å²) in [6, 6.07) is 0. The highest BCUT2D eigenvalue weighted by molar-refractivity contribution is 4.52. The highest BCUT2D eigenvalue weighted by atomic mass is 16.5. The lowest BCUT2D eigenvalue weighted by Crippen LogP contribution is -2.54. The normalized spacial score (nSPS) is 26.5. The largest absolute Gasteiger partial charge is 0.333 e. The molecule has 66 valence electrons. The molecule has 0 saturated carbocycles. The first-order chi connectivity index (χ1) is 5.19. The minimum Gasteiger partial charge on any atom is -0.333 e. The van der Waals surface area contributed by atoms with Gasteiger partial charge < -0.3 is 9.22 Å². The van der Waals surface area contributed by atoms with E-state index in [2.05, 4.69) is 14.0 Å². The molecule has 0 radical (unpaired) electrons. The zero-order valence-corrected chi connectivity index (χ0v) is 7.97. The Balaban J connectivity index is 2.49. The number of rotatable bonds is 2. The monoisotopic (exact) mass is 158 g/mol. The van der Waals surface area contributed by atoms with Crippen molar-refractivity contribution >= 4 is 0 Å². The van der Waals surface area contributed by atoms with Crippen molar-refractivity contribution in [3.63, 3.8) is 0 Å². The number of likely N-dealkylation sites (tertiary alicyclic amines) is 1. The van der Waals surface area contributed by atoms with Gasteiger partial charge in [-0.2, -0.15) is 0 Å². The van der Waals surface area contributed by atoms with Crippen LogP contribution in [0.3, 0.4) is 0 Å². The highest BCUT2D eigenvalue weighted by Crippen LogP contribution is 2.19. The molecule has 1 atom stereocenters. The van der Waals surface area contributed by atoms with Gasteiger partial charge in [-0.1, -0.05) is 0 Å². The summed E-state index contributed by atoms with van der Waals surface area (Å²) in [7, 11) is 4.11. The number of hydrogen-bond donors (Lipinski definition) is 0. The lowest BCUT2D eigenvalue weighted by molar-refractivity contribution is -0.956. The van der Waals surface area contributed by atoms with E-state index >= 15 is 0 Å². The molecule has 1 aliphatic heterocycles. The topological polar surface area (TPSA) is 9.23 Å². The number of ether oxygens (including phenoxy) is 1. The van der Waals surface area contributed by atoms with Gasteiger partial charge in [0.25, 0.3) is 0 Å². The van der Waals surface area contributed by atoms with Gasteiger partial charge in [0.15, 0.2) is 6.23 Å². The molecule has 2 nitrogen and oxygen atoms in total. The Morgan fingerprint density at radius 3 is 2.18 bits per heavy atom. The summed E-state index contributed by atoms with van der Waals surface area (Å²) in [6.45, 7) is 4.75. The van der Waals surface area contributed by atoms with E-state index in [1.807, 2.05) is 7.11 Å². The third kappa shape index (κ3) is 1.94. The van der Waals surface area contributed by atoms with E-state index in [0.29, 0.717) is 6.23 Å². The molecule has 1 fully saturated rings. The predicted molar refractivity (Wildman–Crippen MR) is 46.2 cm³/mol. The third-order valence-corrected chi connectivity index (χ3v) is 3.06. The molecule has 0 aromatic rings. The van der Waals surface area contributed by atoms with Gasteiger partial charge in [0, 0.05) is 14.0 Å². The summed E-state index contributed by atoms with van der Waals surface area (Å²) >= 11 is 0. The van der Waals surface area contributed by atoms with Crippen LogP contribution in [-0.2, 0) is 4.74 Å². The molecular formula is C9H20NO+. The summed E-state index contributed by atoms with van der Waals surface area (Å²) in [4.78, 5) is 0.